The van der Waals surface area contributed by atoms with Gasteiger partial charge < -0.3 is 20.5 Å². The topological polar surface area (TPSA) is 76.5 Å². The maximum atomic E-state index is 9.74. The quantitative estimate of drug-likeness (QED) is 0.738. The molecule has 1 heterocycles. The van der Waals surface area contributed by atoms with Crippen molar-refractivity contribution in [3.8, 4) is 0 Å². The minimum atomic E-state index is -0.538. The van der Waals surface area contributed by atoms with Gasteiger partial charge in [-0.15, -0.1) is 0 Å². The molecular weight excluding hydrogens is 232 g/mol. The highest BCUT2D eigenvalue weighted by molar-refractivity contribution is 5.66. The molecule has 0 fully saturated rings. The number of nitrogen functional groups attached to an aromatic ring is 1. The molecule has 1 rings (SSSR count). The summed E-state index contributed by atoms with van der Waals surface area (Å²) in [5, 5.41) is 14.1. The number of nitrogens with zero attached hydrogens (tertiary/aromatic N) is 3. The van der Waals surface area contributed by atoms with Crippen LogP contribution < -0.4 is 10.6 Å². The van der Waals surface area contributed by atoms with Crippen LogP contribution >= 0.6 is 0 Å². The fourth-order valence-corrected chi connectivity index (χ4v) is 2.11. The van der Waals surface area contributed by atoms with Crippen LogP contribution in [0.25, 0.3) is 0 Å². The van der Waals surface area contributed by atoms with Gasteiger partial charge in [-0.2, -0.15) is 5.10 Å². The van der Waals surface area contributed by atoms with Gasteiger partial charge in [-0.05, 0) is 6.42 Å². The molecule has 3 N–H and O–H groups in total. The van der Waals surface area contributed by atoms with Crippen molar-refractivity contribution in [3.05, 3.63) is 5.69 Å². The average molecular weight is 256 g/mol. The van der Waals surface area contributed by atoms with Crippen LogP contribution in [-0.2, 0) is 18.2 Å². The maximum absolute atomic E-state index is 9.74. The zero-order valence-electron chi connectivity index (χ0n) is 11.7. The third-order valence-electron chi connectivity index (χ3n) is 2.82. The van der Waals surface area contributed by atoms with Gasteiger partial charge in [0.2, 0.25) is 0 Å². The van der Waals surface area contributed by atoms with E-state index in [2.05, 4.69) is 12.0 Å². The van der Waals surface area contributed by atoms with E-state index in [4.69, 9.17) is 10.5 Å². The first-order chi connectivity index (χ1) is 8.51. The van der Waals surface area contributed by atoms with Gasteiger partial charge in [-0.25, -0.2) is 0 Å². The number of ether oxygens (including phenoxy) is 1. The van der Waals surface area contributed by atoms with Crippen molar-refractivity contribution in [2.24, 2.45) is 7.05 Å². The van der Waals surface area contributed by atoms with E-state index in [9.17, 15) is 5.11 Å². The van der Waals surface area contributed by atoms with Gasteiger partial charge >= 0.3 is 0 Å². The van der Waals surface area contributed by atoms with E-state index < -0.39 is 6.10 Å². The summed E-state index contributed by atoms with van der Waals surface area (Å²) >= 11 is 0. The Morgan fingerprint density at radius 1 is 1.56 bits per heavy atom. The molecular formula is C12H24N4O2. The second-order valence-corrected chi connectivity index (χ2v) is 4.55. The number of rotatable bonds is 7. The van der Waals surface area contributed by atoms with Gasteiger partial charge in [0.1, 0.15) is 5.82 Å². The van der Waals surface area contributed by atoms with Gasteiger partial charge in [-0.3, -0.25) is 4.68 Å². The second kappa shape index (κ2) is 6.61. The first kappa shape index (κ1) is 14.8. The van der Waals surface area contributed by atoms with E-state index >= 15 is 0 Å². The average Bonchev–Trinajstić information content (AvgIpc) is 2.55. The van der Waals surface area contributed by atoms with Crippen molar-refractivity contribution >= 4 is 11.5 Å². The fourth-order valence-electron chi connectivity index (χ4n) is 2.11. The molecule has 1 aromatic heterocycles. The first-order valence-corrected chi connectivity index (χ1v) is 6.20. The molecule has 18 heavy (non-hydrogen) atoms. The summed E-state index contributed by atoms with van der Waals surface area (Å²) in [7, 11) is 5.33. The Balaban J connectivity index is 2.81. The molecule has 1 unspecified atom stereocenters. The van der Waals surface area contributed by atoms with Gasteiger partial charge in [0.15, 0.2) is 0 Å². The van der Waals surface area contributed by atoms with E-state index in [0.717, 1.165) is 24.4 Å². The minimum Gasteiger partial charge on any atom is -0.394 e. The van der Waals surface area contributed by atoms with Crippen molar-refractivity contribution < 1.29 is 9.84 Å². The molecule has 0 radical (unpaired) electrons. The number of aryl methyl sites for hydroxylation is 2. The van der Waals surface area contributed by atoms with Gasteiger partial charge in [0.05, 0.1) is 24.1 Å². The van der Waals surface area contributed by atoms with Crippen molar-refractivity contribution in [3.63, 3.8) is 0 Å². The number of aliphatic hydroxyl groups is 1. The van der Waals surface area contributed by atoms with Gasteiger partial charge in [0, 0.05) is 27.7 Å². The van der Waals surface area contributed by atoms with Crippen molar-refractivity contribution in [2.75, 3.05) is 37.9 Å². The highest BCUT2D eigenvalue weighted by atomic mass is 16.5. The van der Waals surface area contributed by atoms with E-state index in [1.54, 1.807) is 11.8 Å². The van der Waals surface area contributed by atoms with Crippen LogP contribution in [0.15, 0.2) is 0 Å². The van der Waals surface area contributed by atoms with E-state index in [1.807, 2.05) is 19.0 Å². The number of hydrogen-bond acceptors (Lipinski definition) is 5. The Labute approximate surface area is 108 Å². The van der Waals surface area contributed by atoms with Crippen LogP contribution in [0.1, 0.15) is 19.0 Å². The molecule has 0 amide bonds. The van der Waals surface area contributed by atoms with Crippen molar-refractivity contribution in [1.82, 2.24) is 9.78 Å². The molecule has 0 bridgehead atoms. The van der Waals surface area contributed by atoms with Crippen LogP contribution in [0.5, 0.6) is 0 Å². The molecule has 104 valence electrons. The Morgan fingerprint density at radius 3 is 2.78 bits per heavy atom. The molecule has 0 aromatic carbocycles. The van der Waals surface area contributed by atoms with E-state index in [0.29, 0.717) is 18.8 Å². The summed E-state index contributed by atoms with van der Waals surface area (Å²) in [5.41, 5.74) is 7.72. The van der Waals surface area contributed by atoms with Crippen molar-refractivity contribution in [2.45, 2.75) is 25.9 Å². The highest BCUT2D eigenvalue weighted by Crippen LogP contribution is 2.26. The zero-order valence-corrected chi connectivity index (χ0v) is 11.7. The summed E-state index contributed by atoms with van der Waals surface area (Å²) < 4.78 is 6.68. The number of likely N-dealkylation sites (N-methyl/N-ethyl adjacent to an activating group) is 1. The number of aliphatic hydroxyl groups excluding tert-OH is 1. The molecule has 0 saturated carbocycles. The molecule has 6 nitrogen and oxygen atoms in total. The molecule has 0 aliphatic rings. The van der Waals surface area contributed by atoms with Gasteiger partial charge in [-0.1, -0.05) is 13.3 Å². The molecule has 0 saturated heterocycles. The Kier molecular flexibility index (Phi) is 5.43. The fraction of sp³-hybridized carbons (Fsp3) is 0.750. The number of methoxy groups -OCH3 is 1. The third kappa shape index (κ3) is 3.36. The lowest BCUT2D eigenvalue weighted by Gasteiger charge is -2.22. The lowest BCUT2D eigenvalue weighted by molar-refractivity contribution is 0.0693. The third-order valence-corrected chi connectivity index (χ3v) is 2.82. The Hall–Kier alpha value is -1.27. The lowest BCUT2D eigenvalue weighted by atomic mass is 10.2. The predicted molar refractivity (Wildman–Crippen MR) is 72.8 cm³/mol. The Morgan fingerprint density at radius 2 is 2.22 bits per heavy atom. The molecule has 0 aliphatic carbocycles. The largest absolute Gasteiger partial charge is 0.394 e. The van der Waals surface area contributed by atoms with Crippen LogP contribution in [0.2, 0.25) is 0 Å². The number of anilines is 2. The molecule has 0 aliphatic heterocycles. The van der Waals surface area contributed by atoms with Crippen LogP contribution in [0.4, 0.5) is 11.5 Å². The monoisotopic (exact) mass is 256 g/mol. The van der Waals surface area contributed by atoms with Crippen LogP contribution in [-0.4, -0.2) is 48.3 Å². The summed E-state index contributed by atoms with van der Waals surface area (Å²) in [6.45, 7) is 2.87. The molecule has 6 heteroatoms. The summed E-state index contributed by atoms with van der Waals surface area (Å²) in [5.74, 6) is 0.841. The first-order valence-electron chi connectivity index (χ1n) is 6.20. The maximum Gasteiger partial charge on any atom is 0.150 e. The highest BCUT2D eigenvalue weighted by Gasteiger charge is 2.18. The minimum absolute atomic E-state index is 0.309. The summed E-state index contributed by atoms with van der Waals surface area (Å²) in [4.78, 5) is 1.91. The molecule has 1 aromatic rings. The lowest BCUT2D eigenvalue weighted by Crippen LogP contribution is -2.33. The number of nitrogens with two attached hydrogens (primary N) is 1. The zero-order chi connectivity index (χ0) is 13.7. The number of aromatic nitrogens is 2. The summed E-state index contributed by atoms with van der Waals surface area (Å²) in [6.07, 6.45) is 1.34. The van der Waals surface area contributed by atoms with Crippen LogP contribution in [0.3, 0.4) is 0 Å². The SMILES string of the molecule is CCCc1nn(C)c(N(C)CC(O)COC)c1N. The standard InChI is InChI=1S/C12H24N4O2/c1-5-6-10-11(13)12(16(3)14-10)15(2)7-9(17)8-18-4/h9,17H,5-8,13H2,1-4H3. The Bertz CT molecular complexity index is 378. The smallest absolute Gasteiger partial charge is 0.150 e. The molecule has 0 spiro atoms. The number of hydrogen-bond donors (Lipinski definition) is 2. The van der Waals surface area contributed by atoms with E-state index in [-0.39, 0.29) is 0 Å². The van der Waals surface area contributed by atoms with E-state index in [1.165, 1.54) is 0 Å². The second-order valence-electron chi connectivity index (χ2n) is 4.55. The normalized spacial score (nSPS) is 12.7. The van der Waals surface area contributed by atoms with Crippen LogP contribution in [0, 0.1) is 0 Å². The predicted octanol–water partition coefficient (Wildman–Crippen LogP) is 0.398. The molecule has 1 atom stereocenters. The van der Waals surface area contributed by atoms with Crippen molar-refractivity contribution in [1.29, 1.82) is 0 Å². The summed E-state index contributed by atoms with van der Waals surface area (Å²) in [6, 6.07) is 0. The van der Waals surface area contributed by atoms with Gasteiger partial charge in [0.25, 0.3) is 0 Å².